The van der Waals surface area contributed by atoms with Gasteiger partial charge in [-0.3, -0.25) is 4.79 Å². The number of carbonyl (C=O) groups excluding carboxylic acids is 1. The number of halogens is 1. The number of methoxy groups -OCH3 is 1. The molecular weight excluding hydrogens is 380 g/mol. The van der Waals surface area contributed by atoms with E-state index in [1.165, 1.54) is 25.3 Å². The van der Waals surface area contributed by atoms with Crippen molar-refractivity contribution in [3.05, 3.63) is 23.2 Å². The van der Waals surface area contributed by atoms with E-state index in [2.05, 4.69) is 5.32 Å². The van der Waals surface area contributed by atoms with Gasteiger partial charge >= 0.3 is 0 Å². The third-order valence-electron chi connectivity index (χ3n) is 3.53. The van der Waals surface area contributed by atoms with Crippen LogP contribution < -0.4 is 10.1 Å². The number of hydrogen-bond acceptors (Lipinski definition) is 5. The van der Waals surface area contributed by atoms with Crippen molar-refractivity contribution in [3.8, 4) is 5.75 Å². The molecule has 1 aromatic rings. The largest absolute Gasteiger partial charge is 0.495 e. The molecule has 0 fully saturated rings. The first kappa shape index (κ1) is 22.7. The molecule has 7 nitrogen and oxygen atoms in total. The number of nitrogens with zero attached hydrogens (tertiary/aromatic N) is 1. The molecule has 1 amide bonds. The Labute approximate surface area is 160 Å². The lowest BCUT2D eigenvalue weighted by Crippen LogP contribution is -2.41. The molecule has 0 aromatic heterocycles. The third-order valence-corrected chi connectivity index (χ3v) is 5.74. The van der Waals surface area contributed by atoms with Crippen LogP contribution in [0.1, 0.15) is 27.2 Å². The Morgan fingerprint density at radius 2 is 2.04 bits per heavy atom. The van der Waals surface area contributed by atoms with Crippen LogP contribution in [-0.2, 0) is 19.6 Å². The van der Waals surface area contributed by atoms with E-state index < -0.39 is 10.0 Å². The molecule has 0 radical (unpaired) electrons. The lowest BCUT2D eigenvalue weighted by molar-refractivity contribution is -0.121. The van der Waals surface area contributed by atoms with Gasteiger partial charge in [0, 0.05) is 19.7 Å². The van der Waals surface area contributed by atoms with E-state index in [-0.39, 0.29) is 35.0 Å². The van der Waals surface area contributed by atoms with Gasteiger partial charge in [-0.25, -0.2) is 8.42 Å². The van der Waals surface area contributed by atoms with E-state index in [0.29, 0.717) is 25.3 Å². The van der Waals surface area contributed by atoms with Crippen molar-refractivity contribution < 1.29 is 22.7 Å². The molecule has 0 unspecified atom stereocenters. The van der Waals surface area contributed by atoms with Crippen molar-refractivity contribution in [1.82, 2.24) is 9.62 Å². The monoisotopic (exact) mass is 406 g/mol. The molecule has 9 heteroatoms. The average molecular weight is 407 g/mol. The maximum atomic E-state index is 12.7. The number of carbonyl (C=O) groups is 1. The van der Waals surface area contributed by atoms with Gasteiger partial charge in [0.25, 0.3) is 0 Å². The topological polar surface area (TPSA) is 84.9 Å². The lowest BCUT2D eigenvalue weighted by Gasteiger charge is -2.20. The summed E-state index contributed by atoms with van der Waals surface area (Å²) in [7, 11) is -2.38. The molecule has 0 bridgehead atoms. The van der Waals surface area contributed by atoms with Gasteiger partial charge in [-0.2, -0.15) is 4.31 Å². The molecule has 0 aliphatic carbocycles. The number of sulfonamides is 1. The highest BCUT2D eigenvalue weighted by Gasteiger charge is 2.26. The van der Waals surface area contributed by atoms with Crippen molar-refractivity contribution in [3.63, 3.8) is 0 Å². The zero-order valence-corrected chi connectivity index (χ0v) is 17.2. The second-order valence-corrected chi connectivity index (χ2v) is 8.20. The summed E-state index contributed by atoms with van der Waals surface area (Å²) in [6.07, 6.45) is 0.805. The minimum absolute atomic E-state index is 0.0169. The van der Waals surface area contributed by atoms with Crippen molar-refractivity contribution in [2.45, 2.75) is 38.2 Å². The molecule has 0 saturated heterocycles. The highest BCUT2D eigenvalue weighted by molar-refractivity contribution is 7.89. The summed E-state index contributed by atoms with van der Waals surface area (Å²) in [5, 5.41) is 2.90. The summed E-state index contributed by atoms with van der Waals surface area (Å²) in [6.45, 7) is 6.42. The maximum Gasteiger partial charge on any atom is 0.243 e. The van der Waals surface area contributed by atoms with E-state index in [4.69, 9.17) is 21.1 Å². The molecule has 0 heterocycles. The first-order valence-electron chi connectivity index (χ1n) is 8.44. The fourth-order valence-corrected chi connectivity index (χ4v) is 3.91. The van der Waals surface area contributed by atoms with Gasteiger partial charge in [0.2, 0.25) is 15.9 Å². The van der Waals surface area contributed by atoms with Crippen LogP contribution in [0.3, 0.4) is 0 Å². The van der Waals surface area contributed by atoms with Crippen LogP contribution >= 0.6 is 11.6 Å². The fourth-order valence-electron chi connectivity index (χ4n) is 2.16. The zero-order chi connectivity index (χ0) is 19.7. The molecule has 1 N–H and O–H groups in total. The Morgan fingerprint density at radius 1 is 1.35 bits per heavy atom. The Bertz CT molecular complexity index is 694. The quantitative estimate of drug-likeness (QED) is 0.570. The summed E-state index contributed by atoms with van der Waals surface area (Å²) in [6, 6.07) is 4.21. The number of likely N-dealkylation sites (N-methyl/N-ethyl adjacent to an activating group) is 1. The number of rotatable bonds is 11. The molecule has 0 spiro atoms. The van der Waals surface area contributed by atoms with E-state index in [1.807, 2.05) is 13.8 Å². The van der Waals surface area contributed by atoms with Crippen LogP contribution in [-0.4, -0.2) is 58.1 Å². The van der Waals surface area contributed by atoms with Crippen LogP contribution in [0, 0.1) is 0 Å². The van der Waals surface area contributed by atoms with Crippen molar-refractivity contribution >= 4 is 27.5 Å². The molecular formula is C17H27ClN2O5S. The molecule has 1 rings (SSSR count). The third kappa shape index (κ3) is 6.75. The SMILES string of the molecule is CCN(CC(=O)NCCCOC(C)C)S(=O)(=O)c1ccc(OC)c(Cl)c1. The van der Waals surface area contributed by atoms with Crippen molar-refractivity contribution in [2.24, 2.45) is 0 Å². The Balaban J connectivity index is 2.68. The van der Waals surface area contributed by atoms with Gasteiger partial charge in [0.05, 0.1) is 29.7 Å². The Kier molecular flexibility index (Phi) is 9.35. The van der Waals surface area contributed by atoms with Crippen LogP contribution in [0.5, 0.6) is 5.75 Å². The Morgan fingerprint density at radius 3 is 2.58 bits per heavy atom. The van der Waals surface area contributed by atoms with E-state index in [0.717, 1.165) is 4.31 Å². The highest BCUT2D eigenvalue weighted by atomic mass is 35.5. The molecule has 0 atom stereocenters. The predicted molar refractivity (Wildman–Crippen MR) is 101 cm³/mol. The van der Waals surface area contributed by atoms with Gasteiger partial charge in [-0.05, 0) is 38.5 Å². The van der Waals surface area contributed by atoms with Crippen molar-refractivity contribution in [1.29, 1.82) is 0 Å². The first-order valence-corrected chi connectivity index (χ1v) is 10.3. The summed E-state index contributed by atoms with van der Waals surface area (Å²) in [5.74, 6) is 0.0228. The highest BCUT2D eigenvalue weighted by Crippen LogP contribution is 2.28. The van der Waals surface area contributed by atoms with Gasteiger partial charge in [-0.1, -0.05) is 18.5 Å². The van der Waals surface area contributed by atoms with E-state index in [1.54, 1.807) is 6.92 Å². The molecule has 0 aliphatic rings. The summed E-state index contributed by atoms with van der Waals surface area (Å²) in [5.41, 5.74) is 0. The van der Waals surface area contributed by atoms with Crippen molar-refractivity contribution in [2.75, 3.05) is 33.4 Å². The van der Waals surface area contributed by atoms with E-state index in [9.17, 15) is 13.2 Å². The predicted octanol–water partition coefficient (Wildman–Crippen LogP) is 2.29. The smallest absolute Gasteiger partial charge is 0.243 e. The molecule has 0 saturated carbocycles. The minimum atomic E-state index is -3.83. The normalized spacial score (nSPS) is 11.8. The number of nitrogens with one attached hydrogen (secondary N) is 1. The number of ether oxygens (including phenoxy) is 2. The summed E-state index contributed by atoms with van der Waals surface area (Å²) >= 11 is 6.01. The van der Waals surface area contributed by atoms with Crippen LogP contribution in [0.2, 0.25) is 5.02 Å². The first-order chi connectivity index (χ1) is 12.2. The zero-order valence-electron chi connectivity index (χ0n) is 15.6. The maximum absolute atomic E-state index is 12.7. The van der Waals surface area contributed by atoms with Gasteiger partial charge < -0.3 is 14.8 Å². The summed E-state index contributed by atoms with van der Waals surface area (Å²) < 4.78 is 37.0. The number of amides is 1. The average Bonchev–Trinajstić information content (AvgIpc) is 2.58. The number of benzene rings is 1. The molecule has 1 aromatic carbocycles. The minimum Gasteiger partial charge on any atom is -0.495 e. The number of hydrogen-bond donors (Lipinski definition) is 1. The van der Waals surface area contributed by atoms with Gasteiger partial charge in [0.1, 0.15) is 5.75 Å². The second-order valence-electron chi connectivity index (χ2n) is 5.85. The fraction of sp³-hybridized carbons (Fsp3) is 0.588. The van der Waals surface area contributed by atoms with Gasteiger partial charge in [-0.15, -0.1) is 0 Å². The van der Waals surface area contributed by atoms with Crippen LogP contribution in [0.15, 0.2) is 23.1 Å². The summed E-state index contributed by atoms with van der Waals surface area (Å²) in [4.78, 5) is 12.1. The molecule has 148 valence electrons. The standard InChI is InChI=1S/C17H27ClN2O5S/c1-5-20(12-17(21)19-9-6-10-25-13(2)3)26(22,23)14-7-8-16(24-4)15(18)11-14/h7-8,11,13H,5-6,9-10,12H2,1-4H3,(H,19,21). The Hall–Kier alpha value is -1.35. The lowest BCUT2D eigenvalue weighted by atomic mass is 10.3. The van der Waals surface area contributed by atoms with Crippen LogP contribution in [0.4, 0.5) is 0 Å². The second kappa shape index (κ2) is 10.7. The van der Waals surface area contributed by atoms with Gasteiger partial charge in [0.15, 0.2) is 0 Å². The molecule has 26 heavy (non-hydrogen) atoms. The molecule has 0 aliphatic heterocycles. The van der Waals surface area contributed by atoms with E-state index >= 15 is 0 Å². The van der Waals surface area contributed by atoms with Crippen LogP contribution in [0.25, 0.3) is 0 Å².